The van der Waals surface area contributed by atoms with Crippen molar-refractivity contribution in [1.29, 1.82) is 0 Å². The zero-order valence-electron chi connectivity index (χ0n) is 12.8. The van der Waals surface area contributed by atoms with Gasteiger partial charge in [0.25, 0.3) is 0 Å². The number of benzene rings is 2. The van der Waals surface area contributed by atoms with Crippen LogP contribution >= 0.6 is 23.2 Å². The van der Waals surface area contributed by atoms with Crippen LogP contribution in [0.25, 0.3) is 5.69 Å². The minimum absolute atomic E-state index is 0.0646. The van der Waals surface area contributed by atoms with E-state index in [9.17, 15) is 4.79 Å². The zero-order valence-corrected chi connectivity index (χ0v) is 14.3. The standard InChI is InChI=1S/C16H12Cl2N4O3/c17-13-2-1-3-14(18)15(13)24-8-9-25-16(23)11-4-6-12(7-5-11)22-10-19-20-21-22/h1-7,10H,8-9H2. The molecule has 0 fully saturated rings. The molecule has 0 amide bonds. The molecule has 0 bridgehead atoms. The fourth-order valence-corrected chi connectivity index (χ4v) is 2.52. The second-order valence-electron chi connectivity index (χ2n) is 4.84. The van der Waals surface area contributed by atoms with Crippen molar-refractivity contribution in [3.63, 3.8) is 0 Å². The molecule has 0 spiro atoms. The molecule has 0 aliphatic carbocycles. The normalized spacial score (nSPS) is 10.5. The van der Waals surface area contributed by atoms with Crippen LogP contribution in [0.1, 0.15) is 10.4 Å². The largest absolute Gasteiger partial charge is 0.487 e. The van der Waals surface area contributed by atoms with E-state index >= 15 is 0 Å². The van der Waals surface area contributed by atoms with Crippen LogP contribution in [0.3, 0.4) is 0 Å². The van der Waals surface area contributed by atoms with E-state index in [2.05, 4.69) is 15.5 Å². The highest BCUT2D eigenvalue weighted by Gasteiger charge is 2.09. The van der Waals surface area contributed by atoms with Crippen LogP contribution in [-0.2, 0) is 4.74 Å². The number of aromatic nitrogens is 4. The highest BCUT2D eigenvalue weighted by atomic mass is 35.5. The van der Waals surface area contributed by atoms with Gasteiger partial charge in [0, 0.05) is 0 Å². The second kappa shape index (κ2) is 7.96. The van der Waals surface area contributed by atoms with Crippen LogP contribution in [0.15, 0.2) is 48.8 Å². The summed E-state index contributed by atoms with van der Waals surface area (Å²) in [5.74, 6) is -0.0928. The molecule has 0 saturated carbocycles. The van der Waals surface area contributed by atoms with Crippen LogP contribution < -0.4 is 4.74 Å². The lowest BCUT2D eigenvalue weighted by molar-refractivity contribution is 0.0450. The quantitative estimate of drug-likeness (QED) is 0.484. The number of rotatable bonds is 6. The first-order chi connectivity index (χ1) is 12.1. The predicted molar refractivity (Wildman–Crippen MR) is 91.4 cm³/mol. The van der Waals surface area contributed by atoms with Gasteiger partial charge >= 0.3 is 5.97 Å². The van der Waals surface area contributed by atoms with Crippen LogP contribution in [0.4, 0.5) is 0 Å². The first kappa shape index (κ1) is 17.2. The van der Waals surface area contributed by atoms with Crippen molar-refractivity contribution in [1.82, 2.24) is 20.2 Å². The minimum atomic E-state index is -0.461. The summed E-state index contributed by atoms with van der Waals surface area (Å²) in [7, 11) is 0. The van der Waals surface area contributed by atoms with Gasteiger partial charge in [-0.2, -0.15) is 0 Å². The maximum Gasteiger partial charge on any atom is 0.338 e. The summed E-state index contributed by atoms with van der Waals surface area (Å²) >= 11 is 12.0. The smallest absolute Gasteiger partial charge is 0.338 e. The molecule has 3 aromatic rings. The summed E-state index contributed by atoms with van der Waals surface area (Å²) < 4.78 is 12.1. The van der Waals surface area contributed by atoms with E-state index in [1.165, 1.54) is 11.0 Å². The van der Waals surface area contributed by atoms with Gasteiger partial charge in [0.05, 0.1) is 21.3 Å². The van der Waals surface area contributed by atoms with E-state index < -0.39 is 5.97 Å². The van der Waals surface area contributed by atoms with Crippen molar-refractivity contribution in [2.45, 2.75) is 0 Å². The van der Waals surface area contributed by atoms with Crippen molar-refractivity contribution < 1.29 is 14.3 Å². The van der Waals surface area contributed by atoms with E-state index in [0.717, 1.165) is 5.69 Å². The second-order valence-corrected chi connectivity index (χ2v) is 5.65. The highest BCUT2D eigenvalue weighted by molar-refractivity contribution is 6.37. The third kappa shape index (κ3) is 4.26. The SMILES string of the molecule is O=C(OCCOc1c(Cl)cccc1Cl)c1ccc(-n2cnnn2)cc1. The Kier molecular flexibility index (Phi) is 5.47. The molecular weight excluding hydrogens is 367 g/mol. The van der Waals surface area contributed by atoms with Gasteiger partial charge in [-0.25, -0.2) is 9.48 Å². The summed E-state index contributed by atoms with van der Waals surface area (Å²) in [5.41, 5.74) is 1.14. The number of nitrogens with zero attached hydrogens (tertiary/aromatic N) is 4. The molecule has 25 heavy (non-hydrogen) atoms. The monoisotopic (exact) mass is 378 g/mol. The van der Waals surface area contributed by atoms with E-state index in [4.69, 9.17) is 32.7 Å². The Balaban J connectivity index is 1.51. The van der Waals surface area contributed by atoms with Crippen molar-refractivity contribution in [3.8, 4) is 11.4 Å². The van der Waals surface area contributed by atoms with Gasteiger partial charge in [-0.05, 0) is 46.8 Å². The van der Waals surface area contributed by atoms with Crippen LogP contribution in [-0.4, -0.2) is 39.4 Å². The first-order valence-electron chi connectivity index (χ1n) is 7.22. The Hall–Kier alpha value is -2.64. The zero-order chi connectivity index (χ0) is 17.6. The first-order valence-corrected chi connectivity index (χ1v) is 7.98. The van der Waals surface area contributed by atoms with Gasteiger partial charge in [0.15, 0.2) is 5.75 Å². The summed E-state index contributed by atoms with van der Waals surface area (Å²) in [5, 5.41) is 11.7. The van der Waals surface area contributed by atoms with E-state index in [1.807, 2.05) is 0 Å². The third-order valence-electron chi connectivity index (χ3n) is 3.20. The molecule has 1 aromatic heterocycles. The number of carbonyl (C=O) groups is 1. The van der Waals surface area contributed by atoms with Crippen molar-refractivity contribution in [3.05, 3.63) is 64.4 Å². The Morgan fingerprint density at radius 1 is 1.04 bits per heavy atom. The van der Waals surface area contributed by atoms with E-state index in [-0.39, 0.29) is 13.2 Å². The van der Waals surface area contributed by atoms with Gasteiger partial charge in [0.2, 0.25) is 0 Å². The number of ether oxygens (including phenoxy) is 2. The minimum Gasteiger partial charge on any atom is -0.487 e. The fraction of sp³-hybridized carbons (Fsp3) is 0.125. The van der Waals surface area contributed by atoms with Crippen molar-refractivity contribution in [2.75, 3.05) is 13.2 Å². The highest BCUT2D eigenvalue weighted by Crippen LogP contribution is 2.32. The number of hydrogen-bond acceptors (Lipinski definition) is 6. The average Bonchev–Trinajstić information content (AvgIpc) is 3.15. The molecule has 0 unspecified atom stereocenters. The molecule has 0 N–H and O–H groups in total. The Morgan fingerprint density at radius 3 is 2.40 bits per heavy atom. The number of esters is 1. The molecule has 9 heteroatoms. The Morgan fingerprint density at radius 2 is 1.76 bits per heavy atom. The van der Waals surface area contributed by atoms with Gasteiger partial charge in [0.1, 0.15) is 19.5 Å². The Labute approximate surface area is 153 Å². The fourth-order valence-electron chi connectivity index (χ4n) is 2.01. The van der Waals surface area contributed by atoms with Crippen molar-refractivity contribution >= 4 is 29.2 Å². The molecule has 2 aromatic carbocycles. The molecule has 0 atom stereocenters. The van der Waals surface area contributed by atoms with Gasteiger partial charge < -0.3 is 9.47 Å². The summed E-state index contributed by atoms with van der Waals surface area (Å²) in [6.07, 6.45) is 1.46. The summed E-state index contributed by atoms with van der Waals surface area (Å²) in [6.45, 7) is 0.201. The molecule has 1 heterocycles. The number of carbonyl (C=O) groups excluding carboxylic acids is 1. The maximum absolute atomic E-state index is 12.0. The molecule has 0 saturated heterocycles. The van der Waals surface area contributed by atoms with Gasteiger partial charge in [-0.15, -0.1) is 5.10 Å². The molecule has 128 valence electrons. The lowest BCUT2D eigenvalue weighted by Gasteiger charge is -2.10. The van der Waals surface area contributed by atoms with Gasteiger partial charge in [-0.1, -0.05) is 29.3 Å². The lowest BCUT2D eigenvalue weighted by Crippen LogP contribution is -2.12. The van der Waals surface area contributed by atoms with Gasteiger partial charge in [-0.3, -0.25) is 0 Å². The Bertz CT molecular complexity index is 834. The van der Waals surface area contributed by atoms with Crippen LogP contribution in [0.5, 0.6) is 5.75 Å². The van der Waals surface area contributed by atoms with E-state index in [0.29, 0.717) is 21.4 Å². The molecule has 0 radical (unpaired) electrons. The maximum atomic E-state index is 12.0. The number of hydrogen-bond donors (Lipinski definition) is 0. The predicted octanol–water partition coefficient (Wildman–Crippen LogP) is 3.20. The van der Waals surface area contributed by atoms with Crippen LogP contribution in [0, 0.1) is 0 Å². The average molecular weight is 379 g/mol. The number of para-hydroxylation sites is 1. The molecule has 3 rings (SSSR count). The molecule has 0 aliphatic heterocycles. The molecular formula is C16H12Cl2N4O3. The van der Waals surface area contributed by atoms with E-state index in [1.54, 1.807) is 42.5 Å². The molecule has 7 nitrogen and oxygen atoms in total. The topological polar surface area (TPSA) is 79.1 Å². The van der Waals surface area contributed by atoms with Crippen molar-refractivity contribution in [2.24, 2.45) is 0 Å². The summed E-state index contributed by atoms with van der Waals surface area (Å²) in [6, 6.07) is 11.7. The number of tetrazole rings is 1. The lowest BCUT2D eigenvalue weighted by atomic mass is 10.2. The van der Waals surface area contributed by atoms with Crippen LogP contribution in [0.2, 0.25) is 10.0 Å². The third-order valence-corrected chi connectivity index (χ3v) is 3.79. The molecule has 0 aliphatic rings. The number of halogens is 2. The summed E-state index contributed by atoms with van der Waals surface area (Å²) in [4.78, 5) is 12.0.